The fraction of sp³-hybridized carbons (Fsp3) is 0.714. The number of rotatable bonds is 7. The number of methoxy groups -OCH3 is 2. The van der Waals surface area contributed by atoms with Crippen LogP contribution in [-0.4, -0.2) is 50.5 Å². The number of carbonyl (C=O) groups is 2. The first kappa shape index (κ1) is 15.0. The summed E-state index contributed by atoms with van der Waals surface area (Å²) in [7, 11) is 3.12. The van der Waals surface area contributed by atoms with Crippen molar-refractivity contribution in [3.63, 3.8) is 0 Å². The van der Waals surface area contributed by atoms with Crippen LogP contribution in [0.25, 0.3) is 0 Å². The van der Waals surface area contributed by atoms with Gasteiger partial charge in [-0.05, 0) is 18.3 Å². The van der Waals surface area contributed by atoms with E-state index in [0.717, 1.165) is 6.42 Å². The summed E-state index contributed by atoms with van der Waals surface area (Å²) in [5.74, 6) is -2.12. The highest BCUT2D eigenvalue weighted by molar-refractivity contribution is 5.86. The van der Waals surface area contributed by atoms with Crippen LogP contribution >= 0.6 is 0 Å². The van der Waals surface area contributed by atoms with E-state index in [1.54, 1.807) is 14.2 Å². The first-order valence-corrected chi connectivity index (χ1v) is 6.79. The third kappa shape index (κ3) is 2.86. The number of amides is 1. The Balaban J connectivity index is 1.95. The molecule has 6 heteroatoms. The van der Waals surface area contributed by atoms with Gasteiger partial charge in [0.25, 0.3) is 0 Å². The monoisotopic (exact) mass is 283 g/mol. The Morgan fingerprint density at radius 3 is 2.50 bits per heavy atom. The zero-order chi connectivity index (χ0) is 14.7. The first-order valence-electron chi connectivity index (χ1n) is 6.79. The van der Waals surface area contributed by atoms with Gasteiger partial charge in [-0.25, -0.2) is 0 Å². The minimum atomic E-state index is -0.887. The maximum Gasteiger partial charge on any atom is 0.307 e. The van der Waals surface area contributed by atoms with Crippen LogP contribution in [-0.2, 0) is 19.1 Å². The Hall–Kier alpha value is -1.40. The number of aliphatic carboxylic acids is 1. The highest BCUT2D eigenvalue weighted by atomic mass is 16.5. The van der Waals surface area contributed by atoms with Crippen LogP contribution in [0.4, 0.5) is 0 Å². The van der Waals surface area contributed by atoms with E-state index in [-0.39, 0.29) is 23.8 Å². The lowest BCUT2D eigenvalue weighted by Gasteiger charge is -2.25. The van der Waals surface area contributed by atoms with Crippen LogP contribution in [0.1, 0.15) is 6.42 Å². The van der Waals surface area contributed by atoms with Crippen molar-refractivity contribution < 1.29 is 24.2 Å². The number of carboxylic acids is 1. The molecule has 0 radical (unpaired) electrons. The molecule has 112 valence electrons. The minimum absolute atomic E-state index is 0.00885. The van der Waals surface area contributed by atoms with E-state index < -0.39 is 17.8 Å². The molecule has 3 unspecified atom stereocenters. The highest BCUT2D eigenvalue weighted by Crippen LogP contribution is 2.48. The van der Waals surface area contributed by atoms with E-state index in [0.29, 0.717) is 13.2 Å². The Morgan fingerprint density at radius 1 is 1.30 bits per heavy atom. The van der Waals surface area contributed by atoms with Crippen molar-refractivity contribution in [2.24, 2.45) is 23.7 Å². The summed E-state index contributed by atoms with van der Waals surface area (Å²) < 4.78 is 10.1. The van der Waals surface area contributed by atoms with Gasteiger partial charge < -0.3 is 19.9 Å². The number of allylic oxidation sites excluding steroid dienone is 2. The van der Waals surface area contributed by atoms with Gasteiger partial charge in [0.1, 0.15) is 0 Å². The Labute approximate surface area is 118 Å². The van der Waals surface area contributed by atoms with Gasteiger partial charge >= 0.3 is 5.97 Å². The van der Waals surface area contributed by atoms with E-state index in [1.807, 2.05) is 12.2 Å². The van der Waals surface area contributed by atoms with Crippen LogP contribution in [0.2, 0.25) is 0 Å². The molecular formula is C14H21NO5. The van der Waals surface area contributed by atoms with Crippen molar-refractivity contribution >= 4 is 11.9 Å². The highest BCUT2D eigenvalue weighted by Gasteiger charge is 2.51. The molecule has 2 bridgehead atoms. The Kier molecular flexibility index (Phi) is 4.77. The van der Waals surface area contributed by atoms with Gasteiger partial charge in [0.15, 0.2) is 0 Å². The number of nitrogens with one attached hydrogen (secondary N) is 1. The fourth-order valence-corrected chi connectivity index (χ4v) is 3.24. The summed E-state index contributed by atoms with van der Waals surface area (Å²) in [6.45, 7) is 0.711. The zero-order valence-corrected chi connectivity index (χ0v) is 11.7. The van der Waals surface area contributed by atoms with Crippen molar-refractivity contribution in [3.8, 4) is 0 Å². The molecule has 20 heavy (non-hydrogen) atoms. The molecule has 0 aromatic heterocycles. The van der Waals surface area contributed by atoms with E-state index in [1.165, 1.54) is 0 Å². The number of fused-ring (bicyclic) bond motifs is 2. The van der Waals surface area contributed by atoms with Gasteiger partial charge in [0, 0.05) is 20.8 Å². The predicted octanol–water partition coefficient (Wildman–Crippen LogP) is 0.287. The van der Waals surface area contributed by atoms with Gasteiger partial charge in [-0.2, -0.15) is 0 Å². The maximum absolute atomic E-state index is 12.3. The summed E-state index contributed by atoms with van der Waals surface area (Å²) in [6.07, 6.45) is 4.44. The van der Waals surface area contributed by atoms with Crippen molar-refractivity contribution in [1.29, 1.82) is 0 Å². The van der Waals surface area contributed by atoms with Crippen LogP contribution in [0.15, 0.2) is 12.2 Å². The Morgan fingerprint density at radius 2 is 1.95 bits per heavy atom. The predicted molar refractivity (Wildman–Crippen MR) is 71.0 cm³/mol. The molecule has 2 rings (SSSR count). The number of carbonyl (C=O) groups excluding carboxylic acids is 1. The molecule has 0 heterocycles. The second-order valence-electron chi connectivity index (χ2n) is 5.40. The lowest BCUT2D eigenvalue weighted by molar-refractivity contribution is -0.148. The normalized spacial score (nSPS) is 32.3. The molecular weight excluding hydrogens is 262 g/mol. The zero-order valence-electron chi connectivity index (χ0n) is 11.7. The smallest absolute Gasteiger partial charge is 0.307 e. The largest absolute Gasteiger partial charge is 0.481 e. The SMILES string of the molecule is COCC(CNC(=O)[C@H]1C2C=CC(C2)[C@H]1C(=O)O)OC. The summed E-state index contributed by atoms with van der Waals surface area (Å²) in [6, 6.07) is 0. The molecule has 0 aromatic carbocycles. The molecule has 2 aliphatic carbocycles. The van der Waals surface area contributed by atoms with Crippen LogP contribution in [0, 0.1) is 23.7 Å². The third-order valence-electron chi connectivity index (χ3n) is 4.24. The number of hydrogen-bond acceptors (Lipinski definition) is 4. The molecule has 1 saturated carbocycles. The van der Waals surface area contributed by atoms with E-state index in [9.17, 15) is 14.7 Å². The van der Waals surface area contributed by atoms with Crippen molar-refractivity contribution in [2.45, 2.75) is 12.5 Å². The molecule has 2 N–H and O–H groups in total. The first-order chi connectivity index (χ1) is 9.58. The van der Waals surface area contributed by atoms with Gasteiger partial charge in [0.2, 0.25) is 5.91 Å². The standard InChI is InChI=1S/C14H21NO5/c1-19-7-10(20-2)6-15-13(16)11-8-3-4-9(5-8)12(11)14(17)18/h3-4,8-12H,5-7H2,1-2H3,(H,15,16)(H,17,18)/t8?,9?,10?,11-,12+/m0/s1. The molecule has 0 spiro atoms. The molecule has 1 amide bonds. The van der Waals surface area contributed by atoms with Crippen molar-refractivity contribution in [2.75, 3.05) is 27.4 Å². The number of carboxylic acid groups (broad SMARTS) is 1. The van der Waals surface area contributed by atoms with E-state index >= 15 is 0 Å². The molecule has 1 fully saturated rings. The fourth-order valence-electron chi connectivity index (χ4n) is 3.24. The lowest BCUT2D eigenvalue weighted by atomic mass is 9.82. The number of ether oxygens (including phenoxy) is 2. The summed E-state index contributed by atoms with van der Waals surface area (Å²) in [4.78, 5) is 23.6. The summed E-state index contributed by atoms with van der Waals surface area (Å²) in [5, 5.41) is 12.1. The van der Waals surface area contributed by atoms with E-state index in [2.05, 4.69) is 5.32 Å². The average Bonchev–Trinajstić information content (AvgIpc) is 3.03. The summed E-state index contributed by atoms with van der Waals surface area (Å²) in [5.41, 5.74) is 0. The molecule has 5 atom stereocenters. The van der Waals surface area contributed by atoms with Crippen LogP contribution in [0.5, 0.6) is 0 Å². The molecule has 6 nitrogen and oxygen atoms in total. The lowest BCUT2D eigenvalue weighted by Crippen LogP contribution is -2.43. The maximum atomic E-state index is 12.3. The van der Waals surface area contributed by atoms with Gasteiger partial charge in [-0.1, -0.05) is 12.2 Å². The van der Waals surface area contributed by atoms with Crippen LogP contribution in [0.3, 0.4) is 0 Å². The molecule has 0 aromatic rings. The van der Waals surface area contributed by atoms with Gasteiger partial charge in [0.05, 0.1) is 24.5 Å². The topological polar surface area (TPSA) is 84.9 Å². The van der Waals surface area contributed by atoms with Gasteiger partial charge in [-0.15, -0.1) is 0 Å². The van der Waals surface area contributed by atoms with Crippen LogP contribution < -0.4 is 5.32 Å². The minimum Gasteiger partial charge on any atom is -0.481 e. The van der Waals surface area contributed by atoms with Crippen molar-refractivity contribution in [1.82, 2.24) is 5.32 Å². The average molecular weight is 283 g/mol. The quantitative estimate of drug-likeness (QED) is 0.656. The van der Waals surface area contributed by atoms with E-state index in [4.69, 9.17) is 9.47 Å². The second kappa shape index (κ2) is 6.37. The van der Waals surface area contributed by atoms with Crippen molar-refractivity contribution in [3.05, 3.63) is 12.2 Å². The molecule has 0 saturated heterocycles. The molecule has 0 aliphatic heterocycles. The molecule has 2 aliphatic rings. The Bertz CT molecular complexity index is 408. The number of hydrogen-bond donors (Lipinski definition) is 2. The van der Waals surface area contributed by atoms with Gasteiger partial charge in [-0.3, -0.25) is 9.59 Å². The summed E-state index contributed by atoms with van der Waals surface area (Å²) >= 11 is 0. The second-order valence-corrected chi connectivity index (χ2v) is 5.40. The third-order valence-corrected chi connectivity index (χ3v) is 4.24.